The van der Waals surface area contributed by atoms with Gasteiger partial charge >= 0.3 is 0 Å². The third kappa shape index (κ3) is 2.04. The van der Waals surface area contributed by atoms with Crippen molar-refractivity contribution >= 4 is 11.3 Å². The van der Waals surface area contributed by atoms with Gasteiger partial charge in [0.2, 0.25) is 0 Å². The molecule has 0 spiro atoms. The lowest BCUT2D eigenvalue weighted by atomic mass is 9.92. The van der Waals surface area contributed by atoms with Gasteiger partial charge in [0.05, 0.1) is 0 Å². The molecule has 0 bridgehead atoms. The van der Waals surface area contributed by atoms with E-state index in [1.54, 1.807) is 11.3 Å². The maximum absolute atomic E-state index is 10.5. The van der Waals surface area contributed by atoms with E-state index in [4.69, 9.17) is 0 Å². The van der Waals surface area contributed by atoms with E-state index in [1.165, 1.54) is 18.4 Å². The Kier molecular flexibility index (Phi) is 3.38. The molecule has 0 aliphatic carbocycles. The van der Waals surface area contributed by atoms with Crippen molar-refractivity contribution in [1.29, 1.82) is 0 Å². The van der Waals surface area contributed by atoms with Crippen LogP contribution >= 0.6 is 11.3 Å². The quantitative estimate of drug-likeness (QED) is 0.876. The van der Waals surface area contributed by atoms with Gasteiger partial charge in [-0.1, -0.05) is 0 Å². The van der Waals surface area contributed by atoms with Gasteiger partial charge in [0.15, 0.2) is 0 Å². The molecule has 1 saturated heterocycles. The van der Waals surface area contributed by atoms with Gasteiger partial charge in [-0.15, -0.1) is 11.3 Å². The molecule has 2 rings (SSSR count). The summed E-state index contributed by atoms with van der Waals surface area (Å²) in [6, 6.07) is 2.09. The highest BCUT2D eigenvalue weighted by Crippen LogP contribution is 2.36. The van der Waals surface area contributed by atoms with Crippen LogP contribution in [-0.4, -0.2) is 28.6 Å². The molecular weight excluding hydrogens is 218 g/mol. The van der Waals surface area contributed by atoms with Crippen LogP contribution in [0.5, 0.6) is 0 Å². The summed E-state index contributed by atoms with van der Waals surface area (Å²) in [6.07, 6.45) is 2.16. The van der Waals surface area contributed by atoms with Crippen LogP contribution in [0.4, 0.5) is 0 Å². The summed E-state index contributed by atoms with van der Waals surface area (Å²) in [4.78, 5) is 3.54. The van der Waals surface area contributed by atoms with Gasteiger partial charge in [0, 0.05) is 10.4 Å². The van der Waals surface area contributed by atoms with E-state index in [1.807, 2.05) is 0 Å². The molecule has 16 heavy (non-hydrogen) atoms. The molecule has 1 aliphatic heterocycles. The predicted octanol–water partition coefficient (Wildman–Crippen LogP) is 2.96. The van der Waals surface area contributed by atoms with Crippen molar-refractivity contribution in [3.8, 4) is 0 Å². The summed E-state index contributed by atoms with van der Waals surface area (Å²) in [5.41, 5.74) is 1.07. The average molecular weight is 239 g/mol. The van der Waals surface area contributed by atoms with E-state index in [0.717, 1.165) is 18.0 Å². The molecule has 1 aromatic rings. The number of aryl methyl sites for hydroxylation is 1. The van der Waals surface area contributed by atoms with E-state index in [0.29, 0.717) is 0 Å². The monoisotopic (exact) mass is 239 g/mol. The highest BCUT2D eigenvalue weighted by molar-refractivity contribution is 7.10. The molecule has 1 aliphatic rings. The fourth-order valence-electron chi connectivity index (χ4n) is 2.45. The second kappa shape index (κ2) is 4.47. The minimum atomic E-state index is -0.370. The number of likely N-dealkylation sites (tertiary alicyclic amines) is 1. The fourth-order valence-corrected chi connectivity index (χ4v) is 3.54. The zero-order valence-electron chi connectivity index (χ0n) is 10.4. The molecule has 2 nitrogen and oxygen atoms in total. The lowest BCUT2D eigenvalue weighted by molar-refractivity contribution is 0.00315. The third-order valence-electron chi connectivity index (χ3n) is 3.74. The molecule has 3 heteroatoms. The van der Waals surface area contributed by atoms with Crippen molar-refractivity contribution in [2.75, 3.05) is 13.1 Å². The normalized spacial score (nSPS) is 20.2. The molecule has 0 aromatic carbocycles. The van der Waals surface area contributed by atoms with Crippen molar-refractivity contribution in [3.63, 3.8) is 0 Å². The van der Waals surface area contributed by atoms with Gasteiger partial charge in [-0.3, -0.25) is 4.90 Å². The van der Waals surface area contributed by atoms with Crippen LogP contribution in [0.2, 0.25) is 0 Å². The minimum Gasteiger partial charge on any atom is -0.386 e. The molecule has 1 aromatic heterocycles. The molecule has 1 fully saturated rings. The van der Waals surface area contributed by atoms with E-state index in [2.05, 4.69) is 37.1 Å². The predicted molar refractivity (Wildman–Crippen MR) is 68.9 cm³/mol. The van der Waals surface area contributed by atoms with Gasteiger partial charge < -0.3 is 5.11 Å². The van der Waals surface area contributed by atoms with E-state index in [9.17, 15) is 5.11 Å². The lowest BCUT2D eigenvalue weighted by Gasteiger charge is -2.39. The molecule has 0 radical (unpaired) electrons. The number of nitrogens with zero attached hydrogens (tertiary/aromatic N) is 1. The Morgan fingerprint density at radius 3 is 2.50 bits per heavy atom. The standard InChI is InChI=1S/C13H21NOS/c1-10-6-9-16-11(10)12(15)13(2,3)14-7-4-5-8-14/h6,9,12,15H,4-5,7-8H2,1-3H3. The van der Waals surface area contributed by atoms with Gasteiger partial charge in [0.1, 0.15) is 6.10 Å². The van der Waals surface area contributed by atoms with E-state index in [-0.39, 0.29) is 11.6 Å². The second-order valence-electron chi connectivity index (χ2n) is 5.22. The van der Waals surface area contributed by atoms with E-state index < -0.39 is 0 Å². The van der Waals surface area contributed by atoms with Crippen LogP contribution < -0.4 is 0 Å². The summed E-state index contributed by atoms with van der Waals surface area (Å²) < 4.78 is 0. The molecule has 1 unspecified atom stereocenters. The molecular formula is C13H21NOS. The van der Waals surface area contributed by atoms with Crippen molar-refractivity contribution < 1.29 is 5.11 Å². The number of aliphatic hydroxyl groups is 1. The fraction of sp³-hybridized carbons (Fsp3) is 0.692. The molecule has 0 amide bonds. The summed E-state index contributed by atoms with van der Waals surface area (Å²) in [7, 11) is 0. The summed E-state index contributed by atoms with van der Waals surface area (Å²) in [5.74, 6) is 0. The largest absolute Gasteiger partial charge is 0.386 e. The van der Waals surface area contributed by atoms with Crippen LogP contribution in [0.15, 0.2) is 11.4 Å². The Morgan fingerprint density at radius 2 is 2.00 bits per heavy atom. The summed E-state index contributed by atoms with van der Waals surface area (Å²) in [5, 5.41) is 12.6. The highest BCUT2D eigenvalue weighted by Gasteiger charge is 2.37. The Morgan fingerprint density at radius 1 is 1.38 bits per heavy atom. The summed E-state index contributed by atoms with van der Waals surface area (Å²) >= 11 is 1.67. The summed E-state index contributed by atoms with van der Waals surface area (Å²) in [6.45, 7) is 8.63. The maximum atomic E-state index is 10.5. The van der Waals surface area contributed by atoms with Gasteiger partial charge in [-0.25, -0.2) is 0 Å². The first-order valence-corrected chi connectivity index (χ1v) is 6.88. The van der Waals surface area contributed by atoms with Crippen molar-refractivity contribution in [3.05, 3.63) is 21.9 Å². The van der Waals surface area contributed by atoms with Gasteiger partial charge in [0.25, 0.3) is 0 Å². The lowest BCUT2D eigenvalue weighted by Crippen LogP contribution is -2.46. The van der Waals surface area contributed by atoms with Crippen LogP contribution in [0, 0.1) is 6.92 Å². The first kappa shape index (κ1) is 12.1. The number of aliphatic hydroxyl groups excluding tert-OH is 1. The topological polar surface area (TPSA) is 23.5 Å². The van der Waals surface area contributed by atoms with Crippen molar-refractivity contribution in [2.24, 2.45) is 0 Å². The van der Waals surface area contributed by atoms with Crippen molar-refractivity contribution in [2.45, 2.75) is 45.3 Å². The molecule has 2 heterocycles. The molecule has 1 N–H and O–H groups in total. The Bertz CT molecular complexity index is 353. The molecule has 0 saturated carbocycles. The molecule has 90 valence electrons. The first-order chi connectivity index (χ1) is 7.53. The van der Waals surface area contributed by atoms with E-state index >= 15 is 0 Å². The number of hydrogen-bond acceptors (Lipinski definition) is 3. The van der Waals surface area contributed by atoms with Gasteiger partial charge in [-0.05, 0) is 63.7 Å². The smallest absolute Gasteiger partial charge is 0.106 e. The maximum Gasteiger partial charge on any atom is 0.106 e. The van der Waals surface area contributed by atoms with Crippen LogP contribution in [0.3, 0.4) is 0 Å². The zero-order valence-corrected chi connectivity index (χ0v) is 11.2. The van der Waals surface area contributed by atoms with Crippen LogP contribution in [0.25, 0.3) is 0 Å². The number of hydrogen-bond donors (Lipinski definition) is 1. The third-order valence-corrected chi connectivity index (χ3v) is 4.81. The Balaban J connectivity index is 2.19. The SMILES string of the molecule is Cc1ccsc1C(O)C(C)(C)N1CCCC1. The average Bonchev–Trinajstić information content (AvgIpc) is 2.86. The van der Waals surface area contributed by atoms with Gasteiger partial charge in [-0.2, -0.15) is 0 Å². The highest BCUT2D eigenvalue weighted by atomic mass is 32.1. The number of thiophene rings is 1. The molecule has 1 atom stereocenters. The minimum absolute atomic E-state index is 0.147. The second-order valence-corrected chi connectivity index (χ2v) is 6.17. The zero-order chi connectivity index (χ0) is 11.8. The first-order valence-electron chi connectivity index (χ1n) is 6.00. The van der Waals surface area contributed by atoms with Crippen LogP contribution in [-0.2, 0) is 0 Å². The number of rotatable bonds is 3. The van der Waals surface area contributed by atoms with Crippen LogP contribution in [0.1, 0.15) is 43.2 Å². The Labute approximate surface area is 102 Å². The van der Waals surface area contributed by atoms with Crippen molar-refractivity contribution in [1.82, 2.24) is 4.90 Å². The Hall–Kier alpha value is -0.380.